The molecule has 0 radical (unpaired) electrons. The van der Waals surface area contributed by atoms with Crippen molar-refractivity contribution in [1.82, 2.24) is 15.1 Å². The zero-order valence-corrected chi connectivity index (χ0v) is 15.3. The van der Waals surface area contributed by atoms with E-state index in [2.05, 4.69) is 44.3 Å². The van der Waals surface area contributed by atoms with Crippen molar-refractivity contribution < 1.29 is 4.74 Å². The number of aromatic nitrogens is 2. The molecule has 1 unspecified atom stereocenters. The van der Waals surface area contributed by atoms with Crippen molar-refractivity contribution in [3.8, 4) is 11.3 Å². The fraction of sp³-hybridized carbons (Fsp3) is 0.550. The molecule has 2 aliphatic rings. The lowest BCUT2D eigenvalue weighted by Crippen LogP contribution is -2.51. The predicted octanol–water partition coefficient (Wildman–Crippen LogP) is 2.10. The van der Waals surface area contributed by atoms with Gasteiger partial charge in [-0.2, -0.15) is 5.10 Å². The standard InChI is InChI=1S/C20H29N5O/c21-8-4-19-15-25(12-13-26-19)17-6-10-24(11-7-17)18-3-1-2-16(14-18)20-5-9-22-23-20/h1-3,5,9,14,17,19H,4,6-8,10-13,15,21H2,(H,22,23). The number of nitrogens with one attached hydrogen (secondary N) is 1. The van der Waals surface area contributed by atoms with Gasteiger partial charge in [0.15, 0.2) is 0 Å². The normalized spacial score (nSPS) is 22.7. The molecule has 2 aromatic rings. The molecule has 3 heterocycles. The number of anilines is 1. The molecule has 1 aromatic heterocycles. The first-order valence-corrected chi connectivity index (χ1v) is 9.74. The Bertz CT molecular complexity index is 679. The molecule has 0 bridgehead atoms. The average Bonchev–Trinajstić information content (AvgIpc) is 3.24. The van der Waals surface area contributed by atoms with E-state index in [0.717, 1.165) is 44.9 Å². The van der Waals surface area contributed by atoms with Crippen molar-refractivity contribution in [1.29, 1.82) is 0 Å². The van der Waals surface area contributed by atoms with Gasteiger partial charge in [0.25, 0.3) is 0 Å². The molecule has 0 amide bonds. The Labute approximate surface area is 155 Å². The van der Waals surface area contributed by atoms with Crippen molar-refractivity contribution in [2.75, 3.05) is 44.2 Å². The maximum Gasteiger partial charge on any atom is 0.0714 e. The number of morpholine rings is 1. The van der Waals surface area contributed by atoms with E-state index in [-0.39, 0.29) is 0 Å². The second-order valence-corrected chi connectivity index (χ2v) is 7.30. The third-order valence-corrected chi connectivity index (χ3v) is 5.66. The first-order chi connectivity index (χ1) is 12.8. The number of aromatic amines is 1. The Morgan fingerprint density at radius 1 is 1.19 bits per heavy atom. The maximum absolute atomic E-state index is 5.84. The van der Waals surface area contributed by atoms with E-state index in [1.54, 1.807) is 6.20 Å². The number of ether oxygens (including phenoxy) is 1. The molecule has 6 nitrogen and oxygen atoms in total. The number of rotatable bonds is 5. The van der Waals surface area contributed by atoms with Crippen LogP contribution in [0.2, 0.25) is 0 Å². The largest absolute Gasteiger partial charge is 0.376 e. The Morgan fingerprint density at radius 3 is 2.85 bits per heavy atom. The van der Waals surface area contributed by atoms with Gasteiger partial charge in [-0.05, 0) is 44.0 Å². The lowest BCUT2D eigenvalue weighted by molar-refractivity contribution is -0.0483. The minimum absolute atomic E-state index is 0.317. The summed E-state index contributed by atoms with van der Waals surface area (Å²) in [5, 5.41) is 7.11. The molecule has 140 valence electrons. The summed E-state index contributed by atoms with van der Waals surface area (Å²) in [5.41, 5.74) is 9.27. The summed E-state index contributed by atoms with van der Waals surface area (Å²) in [4.78, 5) is 5.14. The lowest BCUT2D eigenvalue weighted by atomic mass is 10.0. The van der Waals surface area contributed by atoms with E-state index >= 15 is 0 Å². The van der Waals surface area contributed by atoms with Gasteiger partial charge in [0.2, 0.25) is 0 Å². The number of benzene rings is 1. The summed E-state index contributed by atoms with van der Waals surface area (Å²) in [6.45, 7) is 5.87. The van der Waals surface area contributed by atoms with Crippen molar-refractivity contribution >= 4 is 5.69 Å². The molecule has 2 fully saturated rings. The maximum atomic E-state index is 5.84. The Kier molecular flexibility index (Phi) is 5.53. The van der Waals surface area contributed by atoms with Crippen LogP contribution in [0, 0.1) is 0 Å². The highest BCUT2D eigenvalue weighted by Gasteiger charge is 2.29. The minimum atomic E-state index is 0.317. The van der Waals surface area contributed by atoms with Crippen LogP contribution in [0.3, 0.4) is 0 Å². The molecule has 3 N–H and O–H groups in total. The number of H-pyrrole nitrogens is 1. The van der Waals surface area contributed by atoms with Crippen molar-refractivity contribution in [2.45, 2.75) is 31.4 Å². The molecule has 0 saturated carbocycles. The lowest BCUT2D eigenvalue weighted by Gasteiger charge is -2.42. The molecule has 26 heavy (non-hydrogen) atoms. The van der Waals surface area contributed by atoms with E-state index < -0.39 is 0 Å². The van der Waals surface area contributed by atoms with Gasteiger partial charge < -0.3 is 15.4 Å². The van der Waals surface area contributed by atoms with Gasteiger partial charge in [0, 0.05) is 49.7 Å². The Morgan fingerprint density at radius 2 is 2.08 bits per heavy atom. The monoisotopic (exact) mass is 355 g/mol. The van der Waals surface area contributed by atoms with Crippen LogP contribution in [-0.4, -0.2) is 66.6 Å². The van der Waals surface area contributed by atoms with Crippen LogP contribution in [0.25, 0.3) is 11.3 Å². The number of hydrogen-bond donors (Lipinski definition) is 2. The molecule has 1 atom stereocenters. The van der Waals surface area contributed by atoms with Crippen LogP contribution in [0.15, 0.2) is 36.5 Å². The quantitative estimate of drug-likeness (QED) is 0.859. The van der Waals surface area contributed by atoms with Gasteiger partial charge >= 0.3 is 0 Å². The Hall–Kier alpha value is -1.89. The molecule has 6 heteroatoms. The van der Waals surface area contributed by atoms with Crippen molar-refractivity contribution in [2.24, 2.45) is 5.73 Å². The van der Waals surface area contributed by atoms with Crippen LogP contribution in [-0.2, 0) is 4.74 Å². The number of hydrogen-bond acceptors (Lipinski definition) is 5. The molecule has 1 aromatic carbocycles. The number of nitrogens with two attached hydrogens (primary N) is 1. The van der Waals surface area contributed by atoms with Gasteiger partial charge in [-0.15, -0.1) is 0 Å². The van der Waals surface area contributed by atoms with E-state index in [0.29, 0.717) is 18.7 Å². The van der Waals surface area contributed by atoms with Crippen LogP contribution < -0.4 is 10.6 Å². The fourth-order valence-electron chi connectivity index (χ4n) is 4.21. The zero-order valence-electron chi connectivity index (χ0n) is 15.3. The van der Waals surface area contributed by atoms with Gasteiger partial charge in [0.05, 0.1) is 18.4 Å². The number of nitrogens with zero attached hydrogens (tertiary/aromatic N) is 3. The molecule has 4 rings (SSSR count). The van der Waals surface area contributed by atoms with E-state index in [4.69, 9.17) is 10.5 Å². The SMILES string of the molecule is NCCC1CN(C2CCN(c3cccc(-c4ccn[nH]4)c3)CC2)CCO1. The van der Waals surface area contributed by atoms with Gasteiger partial charge in [-0.3, -0.25) is 10.00 Å². The van der Waals surface area contributed by atoms with E-state index in [9.17, 15) is 0 Å². The highest BCUT2D eigenvalue weighted by Crippen LogP contribution is 2.27. The smallest absolute Gasteiger partial charge is 0.0714 e. The summed E-state index contributed by atoms with van der Waals surface area (Å²) in [6, 6.07) is 11.4. The van der Waals surface area contributed by atoms with Crippen molar-refractivity contribution in [3.05, 3.63) is 36.5 Å². The van der Waals surface area contributed by atoms with Gasteiger partial charge in [0.1, 0.15) is 0 Å². The fourth-order valence-corrected chi connectivity index (χ4v) is 4.21. The Balaban J connectivity index is 1.36. The molecule has 2 aliphatic heterocycles. The second kappa shape index (κ2) is 8.20. The summed E-state index contributed by atoms with van der Waals surface area (Å²) >= 11 is 0. The van der Waals surface area contributed by atoms with Gasteiger partial charge in [-0.1, -0.05) is 12.1 Å². The van der Waals surface area contributed by atoms with Crippen LogP contribution in [0.1, 0.15) is 19.3 Å². The predicted molar refractivity (Wildman–Crippen MR) is 104 cm³/mol. The highest BCUT2D eigenvalue weighted by atomic mass is 16.5. The molecule has 0 aliphatic carbocycles. The average molecular weight is 355 g/mol. The summed E-state index contributed by atoms with van der Waals surface area (Å²) in [5.74, 6) is 0. The molecule has 2 saturated heterocycles. The topological polar surface area (TPSA) is 70.4 Å². The second-order valence-electron chi connectivity index (χ2n) is 7.30. The molecular weight excluding hydrogens is 326 g/mol. The summed E-state index contributed by atoms with van der Waals surface area (Å²) < 4.78 is 5.84. The van der Waals surface area contributed by atoms with Gasteiger partial charge in [-0.25, -0.2) is 0 Å². The summed E-state index contributed by atoms with van der Waals surface area (Å²) in [6.07, 6.45) is 5.51. The number of piperidine rings is 1. The highest BCUT2D eigenvalue weighted by molar-refractivity contribution is 5.65. The molecular formula is C20H29N5O. The van der Waals surface area contributed by atoms with Crippen LogP contribution in [0.4, 0.5) is 5.69 Å². The molecule has 0 spiro atoms. The summed E-state index contributed by atoms with van der Waals surface area (Å²) in [7, 11) is 0. The first-order valence-electron chi connectivity index (χ1n) is 9.74. The van der Waals surface area contributed by atoms with Crippen molar-refractivity contribution in [3.63, 3.8) is 0 Å². The van der Waals surface area contributed by atoms with E-state index in [1.165, 1.54) is 24.1 Å². The van der Waals surface area contributed by atoms with Crippen LogP contribution >= 0.6 is 0 Å². The van der Waals surface area contributed by atoms with Crippen LogP contribution in [0.5, 0.6) is 0 Å². The van der Waals surface area contributed by atoms with E-state index in [1.807, 2.05) is 6.07 Å². The third kappa shape index (κ3) is 3.92. The third-order valence-electron chi connectivity index (χ3n) is 5.66. The first kappa shape index (κ1) is 17.5. The zero-order chi connectivity index (χ0) is 17.8. The minimum Gasteiger partial charge on any atom is -0.376 e.